The minimum Gasteiger partial charge on any atom is -0.390 e. The van der Waals surface area contributed by atoms with E-state index in [0.29, 0.717) is 42.1 Å². The van der Waals surface area contributed by atoms with Crippen LogP contribution in [0.2, 0.25) is 0 Å². The zero-order valence-electron chi connectivity index (χ0n) is 16.2. The molecule has 0 aromatic heterocycles. The molecule has 6 nitrogen and oxygen atoms in total. The standard InChI is InChI=1S/C21H26BrN3O3S/c22-18-8-4-5-9-21(18)29(27,28)25-12-10-24(11-13-25)19-15-23(16-20(19)26)14-17-6-2-1-3-7-17/h1-9,19-20,26H,10-16H2/t19-,20-/m0/s1. The number of hydrogen-bond acceptors (Lipinski definition) is 5. The van der Waals surface area contributed by atoms with Gasteiger partial charge in [0.2, 0.25) is 10.0 Å². The van der Waals surface area contributed by atoms with Crippen LogP contribution in [0.15, 0.2) is 64.0 Å². The topological polar surface area (TPSA) is 64.1 Å². The SMILES string of the molecule is O=S(=O)(c1ccccc1Br)N1CCN([C@H]2CN(Cc3ccccc3)C[C@@H]2O)CC1. The number of piperazine rings is 1. The molecule has 0 unspecified atom stereocenters. The summed E-state index contributed by atoms with van der Waals surface area (Å²) < 4.78 is 28.1. The van der Waals surface area contributed by atoms with Gasteiger partial charge in [0.15, 0.2) is 0 Å². The van der Waals surface area contributed by atoms with Crippen molar-refractivity contribution in [3.05, 3.63) is 64.6 Å². The van der Waals surface area contributed by atoms with Crippen LogP contribution in [0.5, 0.6) is 0 Å². The maximum Gasteiger partial charge on any atom is 0.244 e. The molecule has 2 fully saturated rings. The normalized spacial score (nSPS) is 24.8. The fourth-order valence-electron chi connectivity index (χ4n) is 4.25. The molecule has 2 saturated heterocycles. The fourth-order valence-corrected chi connectivity index (χ4v) is 6.63. The molecule has 8 heteroatoms. The Kier molecular flexibility index (Phi) is 6.38. The first-order valence-electron chi connectivity index (χ1n) is 9.88. The van der Waals surface area contributed by atoms with Crippen LogP contribution in [-0.2, 0) is 16.6 Å². The molecule has 2 aliphatic heterocycles. The second kappa shape index (κ2) is 8.83. The molecule has 0 saturated carbocycles. The summed E-state index contributed by atoms with van der Waals surface area (Å²) in [6, 6.07) is 17.3. The summed E-state index contributed by atoms with van der Waals surface area (Å²) >= 11 is 3.35. The van der Waals surface area contributed by atoms with Crippen LogP contribution in [0.25, 0.3) is 0 Å². The molecule has 1 N–H and O–H groups in total. The van der Waals surface area contributed by atoms with Crippen molar-refractivity contribution in [1.29, 1.82) is 0 Å². The van der Waals surface area contributed by atoms with E-state index in [1.54, 1.807) is 22.5 Å². The molecule has 4 rings (SSSR count). The summed E-state index contributed by atoms with van der Waals surface area (Å²) in [4.78, 5) is 4.82. The van der Waals surface area contributed by atoms with Gasteiger partial charge >= 0.3 is 0 Å². The molecule has 2 aliphatic rings. The first kappa shape index (κ1) is 21.0. The van der Waals surface area contributed by atoms with Gasteiger partial charge in [-0.2, -0.15) is 4.31 Å². The van der Waals surface area contributed by atoms with E-state index in [-0.39, 0.29) is 6.04 Å². The smallest absolute Gasteiger partial charge is 0.244 e. The van der Waals surface area contributed by atoms with Crippen molar-refractivity contribution in [1.82, 2.24) is 14.1 Å². The van der Waals surface area contributed by atoms with E-state index in [1.807, 2.05) is 24.3 Å². The number of nitrogens with zero attached hydrogens (tertiary/aromatic N) is 3. The largest absolute Gasteiger partial charge is 0.390 e. The Morgan fingerprint density at radius 2 is 1.59 bits per heavy atom. The lowest BCUT2D eigenvalue weighted by Gasteiger charge is -2.38. The van der Waals surface area contributed by atoms with Crippen molar-refractivity contribution >= 4 is 26.0 Å². The lowest BCUT2D eigenvalue weighted by atomic mass is 10.1. The first-order chi connectivity index (χ1) is 13.9. The summed E-state index contributed by atoms with van der Waals surface area (Å²) in [6.45, 7) is 4.40. The van der Waals surface area contributed by atoms with E-state index in [4.69, 9.17) is 0 Å². The van der Waals surface area contributed by atoms with Gasteiger partial charge in [0.25, 0.3) is 0 Å². The van der Waals surface area contributed by atoms with Crippen LogP contribution in [0.1, 0.15) is 5.56 Å². The van der Waals surface area contributed by atoms with E-state index in [1.165, 1.54) is 5.56 Å². The summed E-state index contributed by atoms with van der Waals surface area (Å²) in [7, 11) is -3.52. The molecular formula is C21H26BrN3O3S. The molecule has 0 radical (unpaired) electrons. The lowest BCUT2D eigenvalue weighted by Crippen LogP contribution is -2.54. The number of aliphatic hydroxyl groups is 1. The number of likely N-dealkylation sites (tertiary alicyclic amines) is 1. The monoisotopic (exact) mass is 479 g/mol. The zero-order chi connectivity index (χ0) is 20.4. The minimum absolute atomic E-state index is 0.0482. The predicted octanol–water partition coefficient (Wildman–Crippen LogP) is 2.00. The molecule has 2 aromatic rings. The maximum absolute atomic E-state index is 13.0. The van der Waals surface area contributed by atoms with Crippen molar-refractivity contribution in [2.24, 2.45) is 0 Å². The highest BCUT2D eigenvalue weighted by Crippen LogP contribution is 2.27. The molecule has 156 valence electrons. The van der Waals surface area contributed by atoms with Crippen molar-refractivity contribution in [2.45, 2.75) is 23.6 Å². The summed E-state index contributed by atoms with van der Waals surface area (Å²) in [5, 5.41) is 10.6. The van der Waals surface area contributed by atoms with E-state index >= 15 is 0 Å². The molecule has 0 aliphatic carbocycles. The zero-order valence-corrected chi connectivity index (χ0v) is 18.6. The highest BCUT2D eigenvalue weighted by Gasteiger charge is 2.38. The lowest BCUT2D eigenvalue weighted by molar-refractivity contribution is 0.0618. The average Bonchev–Trinajstić information content (AvgIpc) is 3.09. The molecule has 0 spiro atoms. The van der Waals surface area contributed by atoms with Gasteiger partial charge in [-0.15, -0.1) is 0 Å². The summed E-state index contributed by atoms with van der Waals surface area (Å²) in [6.07, 6.45) is -0.412. The van der Waals surface area contributed by atoms with Crippen LogP contribution in [-0.4, -0.2) is 79.0 Å². The Labute approximate surface area is 180 Å². The van der Waals surface area contributed by atoms with Crippen molar-refractivity contribution in [3.63, 3.8) is 0 Å². The van der Waals surface area contributed by atoms with Gasteiger partial charge in [0.05, 0.1) is 11.0 Å². The maximum atomic E-state index is 13.0. The number of sulfonamides is 1. The Morgan fingerprint density at radius 3 is 2.28 bits per heavy atom. The van der Waals surface area contributed by atoms with Gasteiger partial charge in [-0.05, 0) is 33.6 Å². The number of aliphatic hydroxyl groups excluding tert-OH is 1. The van der Waals surface area contributed by atoms with E-state index in [0.717, 1.165) is 13.1 Å². The van der Waals surface area contributed by atoms with Gasteiger partial charge < -0.3 is 5.11 Å². The summed E-state index contributed by atoms with van der Waals surface area (Å²) in [5.74, 6) is 0. The Balaban J connectivity index is 1.36. The number of rotatable bonds is 5. The number of hydrogen-bond donors (Lipinski definition) is 1. The Morgan fingerprint density at radius 1 is 0.931 bits per heavy atom. The van der Waals surface area contributed by atoms with Crippen LogP contribution < -0.4 is 0 Å². The van der Waals surface area contributed by atoms with Crippen molar-refractivity contribution < 1.29 is 13.5 Å². The second-order valence-corrected chi connectivity index (χ2v) is 10.4. The van der Waals surface area contributed by atoms with Crippen molar-refractivity contribution in [2.75, 3.05) is 39.3 Å². The van der Waals surface area contributed by atoms with Crippen LogP contribution >= 0.6 is 15.9 Å². The third-order valence-electron chi connectivity index (χ3n) is 5.78. The molecule has 29 heavy (non-hydrogen) atoms. The molecule has 2 aromatic carbocycles. The van der Waals surface area contributed by atoms with E-state index < -0.39 is 16.1 Å². The van der Waals surface area contributed by atoms with E-state index in [2.05, 4.69) is 37.9 Å². The fraction of sp³-hybridized carbons (Fsp3) is 0.429. The molecule has 0 amide bonds. The average molecular weight is 480 g/mol. The third kappa shape index (κ3) is 4.57. The van der Waals surface area contributed by atoms with Gasteiger partial charge in [-0.1, -0.05) is 42.5 Å². The molecular weight excluding hydrogens is 454 g/mol. The van der Waals surface area contributed by atoms with Gasteiger partial charge in [0, 0.05) is 56.3 Å². The van der Waals surface area contributed by atoms with Crippen LogP contribution in [0.4, 0.5) is 0 Å². The number of β-amino-alcohol motifs (C(OH)–C–C–N with tert-alkyl or cyclic N) is 1. The van der Waals surface area contributed by atoms with Crippen molar-refractivity contribution in [3.8, 4) is 0 Å². The summed E-state index contributed by atoms with van der Waals surface area (Å²) in [5.41, 5.74) is 1.24. The minimum atomic E-state index is -3.52. The highest BCUT2D eigenvalue weighted by atomic mass is 79.9. The van der Waals surface area contributed by atoms with Crippen LogP contribution in [0.3, 0.4) is 0 Å². The highest BCUT2D eigenvalue weighted by molar-refractivity contribution is 9.10. The Hall–Kier alpha value is -1.29. The third-order valence-corrected chi connectivity index (χ3v) is 8.69. The Bertz CT molecular complexity index is 933. The first-order valence-corrected chi connectivity index (χ1v) is 12.1. The van der Waals surface area contributed by atoms with Gasteiger partial charge in [-0.3, -0.25) is 9.80 Å². The quantitative estimate of drug-likeness (QED) is 0.710. The molecule has 0 bridgehead atoms. The van der Waals surface area contributed by atoms with E-state index in [9.17, 15) is 13.5 Å². The molecule has 2 atom stereocenters. The predicted molar refractivity (Wildman–Crippen MR) is 116 cm³/mol. The van der Waals surface area contributed by atoms with Gasteiger partial charge in [0.1, 0.15) is 0 Å². The van der Waals surface area contributed by atoms with Crippen LogP contribution in [0, 0.1) is 0 Å². The number of benzene rings is 2. The van der Waals surface area contributed by atoms with Gasteiger partial charge in [-0.25, -0.2) is 8.42 Å². The number of halogens is 1. The molecule has 2 heterocycles. The second-order valence-electron chi connectivity index (χ2n) is 7.68.